The minimum atomic E-state index is 0.291. The lowest BCUT2D eigenvalue weighted by Crippen LogP contribution is -2.52. The van der Waals surface area contributed by atoms with Gasteiger partial charge in [0.05, 0.1) is 12.7 Å². The fraction of sp³-hybridized carbons (Fsp3) is 0.714. The van der Waals surface area contributed by atoms with Gasteiger partial charge >= 0.3 is 0 Å². The van der Waals surface area contributed by atoms with Crippen LogP contribution in [0, 0.1) is 0 Å². The molecule has 2 heterocycles. The zero-order valence-corrected chi connectivity index (χ0v) is 14.1. The number of nitrogens with zero attached hydrogens (tertiary/aromatic N) is 1. The number of ether oxygens (including phenoxy) is 1. The molecule has 0 radical (unpaired) electrons. The van der Waals surface area contributed by atoms with Gasteiger partial charge in [-0.05, 0) is 47.4 Å². The van der Waals surface area contributed by atoms with Crippen LogP contribution >= 0.6 is 27.3 Å². The van der Waals surface area contributed by atoms with Gasteiger partial charge in [0.15, 0.2) is 0 Å². The molecule has 1 saturated heterocycles. The molecule has 1 aromatic rings. The molecule has 2 rings (SSSR count). The normalized spacial score (nSPS) is 22.6. The third kappa shape index (κ3) is 4.26. The lowest BCUT2D eigenvalue weighted by Gasteiger charge is -2.36. The number of hydrogen-bond donors (Lipinski definition) is 1. The molecule has 2 unspecified atom stereocenters. The SMILES string of the molecule is CCCN1CCOC(C(Cc2sccc2Br)NC)C1. The van der Waals surface area contributed by atoms with Crippen LogP contribution in [0.25, 0.3) is 0 Å². The highest BCUT2D eigenvalue weighted by Crippen LogP contribution is 2.25. The van der Waals surface area contributed by atoms with Crippen molar-refractivity contribution in [2.75, 3.05) is 33.3 Å². The first-order valence-corrected chi connectivity index (χ1v) is 8.65. The molecular weight excluding hydrogens is 324 g/mol. The van der Waals surface area contributed by atoms with Crippen molar-refractivity contribution >= 4 is 27.3 Å². The van der Waals surface area contributed by atoms with E-state index in [-0.39, 0.29) is 0 Å². The Morgan fingerprint density at radius 2 is 2.47 bits per heavy atom. The number of hydrogen-bond acceptors (Lipinski definition) is 4. The van der Waals surface area contributed by atoms with Crippen LogP contribution in [0.15, 0.2) is 15.9 Å². The lowest BCUT2D eigenvalue weighted by atomic mass is 10.0. The number of rotatable bonds is 6. The summed E-state index contributed by atoms with van der Waals surface area (Å²) in [5.74, 6) is 0. The van der Waals surface area contributed by atoms with Gasteiger partial charge < -0.3 is 10.1 Å². The molecule has 5 heteroatoms. The average Bonchev–Trinajstić information content (AvgIpc) is 2.82. The average molecular weight is 347 g/mol. The monoisotopic (exact) mass is 346 g/mol. The van der Waals surface area contributed by atoms with Gasteiger partial charge in [0.1, 0.15) is 0 Å². The molecular formula is C14H23BrN2OS. The number of halogens is 1. The van der Waals surface area contributed by atoms with E-state index in [9.17, 15) is 0 Å². The van der Waals surface area contributed by atoms with Crippen molar-refractivity contribution in [2.45, 2.75) is 31.9 Å². The summed E-state index contributed by atoms with van der Waals surface area (Å²) < 4.78 is 7.20. The smallest absolute Gasteiger partial charge is 0.0858 e. The second-order valence-corrected chi connectivity index (χ2v) is 6.86. The van der Waals surface area contributed by atoms with Crippen molar-refractivity contribution < 1.29 is 4.74 Å². The third-order valence-electron chi connectivity index (χ3n) is 3.63. The predicted molar refractivity (Wildman–Crippen MR) is 85.0 cm³/mol. The minimum Gasteiger partial charge on any atom is -0.374 e. The zero-order chi connectivity index (χ0) is 13.7. The minimum absolute atomic E-state index is 0.291. The Morgan fingerprint density at radius 3 is 3.11 bits per heavy atom. The summed E-state index contributed by atoms with van der Waals surface area (Å²) in [6, 6.07) is 2.51. The largest absolute Gasteiger partial charge is 0.374 e. The fourth-order valence-electron chi connectivity index (χ4n) is 2.58. The second kappa shape index (κ2) is 7.74. The molecule has 0 amide bonds. The Kier molecular flexibility index (Phi) is 6.29. The van der Waals surface area contributed by atoms with Gasteiger partial charge in [-0.3, -0.25) is 4.90 Å². The zero-order valence-electron chi connectivity index (χ0n) is 11.7. The quantitative estimate of drug-likeness (QED) is 0.856. The maximum absolute atomic E-state index is 5.98. The Morgan fingerprint density at radius 1 is 1.63 bits per heavy atom. The molecule has 0 aromatic carbocycles. The molecule has 108 valence electrons. The summed E-state index contributed by atoms with van der Waals surface area (Å²) in [5.41, 5.74) is 0. The van der Waals surface area contributed by atoms with Crippen LogP contribution in [-0.2, 0) is 11.2 Å². The number of morpholine rings is 1. The topological polar surface area (TPSA) is 24.5 Å². The lowest BCUT2D eigenvalue weighted by molar-refractivity contribution is -0.0449. The summed E-state index contributed by atoms with van der Waals surface area (Å²) in [4.78, 5) is 3.91. The molecule has 0 spiro atoms. The van der Waals surface area contributed by atoms with Gasteiger partial charge in [-0.25, -0.2) is 0 Å². The van der Waals surface area contributed by atoms with Crippen LogP contribution in [0.5, 0.6) is 0 Å². The van der Waals surface area contributed by atoms with E-state index in [0.29, 0.717) is 12.1 Å². The molecule has 0 bridgehead atoms. The highest BCUT2D eigenvalue weighted by atomic mass is 79.9. The maximum Gasteiger partial charge on any atom is 0.0858 e. The Hall–Kier alpha value is 0.0600. The van der Waals surface area contributed by atoms with Crippen molar-refractivity contribution in [2.24, 2.45) is 0 Å². The number of likely N-dealkylation sites (N-methyl/N-ethyl adjacent to an activating group) is 1. The summed E-state index contributed by atoms with van der Waals surface area (Å²) in [5, 5.41) is 5.57. The van der Waals surface area contributed by atoms with Gasteiger partial charge in [0, 0.05) is 34.9 Å². The Labute approximate surface area is 128 Å². The summed E-state index contributed by atoms with van der Waals surface area (Å²) in [7, 11) is 2.04. The summed E-state index contributed by atoms with van der Waals surface area (Å²) in [6.07, 6.45) is 2.53. The van der Waals surface area contributed by atoms with E-state index in [1.807, 2.05) is 18.4 Å². The fourth-order valence-corrected chi connectivity index (χ4v) is 4.16. The van der Waals surface area contributed by atoms with E-state index in [0.717, 1.165) is 26.1 Å². The van der Waals surface area contributed by atoms with E-state index in [4.69, 9.17) is 4.74 Å². The number of nitrogens with one attached hydrogen (secondary N) is 1. The van der Waals surface area contributed by atoms with Crippen molar-refractivity contribution in [1.29, 1.82) is 0 Å². The Balaban J connectivity index is 1.95. The van der Waals surface area contributed by atoms with Crippen molar-refractivity contribution in [1.82, 2.24) is 10.2 Å². The first-order valence-electron chi connectivity index (χ1n) is 6.97. The molecule has 1 aliphatic heterocycles. The van der Waals surface area contributed by atoms with Gasteiger partial charge in [-0.1, -0.05) is 6.92 Å². The van der Waals surface area contributed by atoms with E-state index in [1.54, 1.807) is 0 Å². The first kappa shape index (κ1) is 15.4. The number of thiophene rings is 1. The van der Waals surface area contributed by atoms with Crippen LogP contribution < -0.4 is 5.32 Å². The van der Waals surface area contributed by atoms with Crippen LogP contribution in [0.2, 0.25) is 0 Å². The van der Waals surface area contributed by atoms with Crippen LogP contribution in [0.4, 0.5) is 0 Å². The predicted octanol–water partition coefficient (Wildman–Crippen LogP) is 2.75. The third-order valence-corrected chi connectivity index (χ3v) is 5.58. The molecule has 1 aromatic heterocycles. The van der Waals surface area contributed by atoms with Gasteiger partial charge in [-0.2, -0.15) is 0 Å². The van der Waals surface area contributed by atoms with Crippen LogP contribution in [-0.4, -0.2) is 50.3 Å². The van der Waals surface area contributed by atoms with Gasteiger partial charge in [-0.15, -0.1) is 11.3 Å². The highest BCUT2D eigenvalue weighted by molar-refractivity contribution is 9.10. The molecule has 3 nitrogen and oxygen atoms in total. The van der Waals surface area contributed by atoms with Gasteiger partial charge in [0.2, 0.25) is 0 Å². The van der Waals surface area contributed by atoms with E-state index in [1.165, 1.54) is 22.3 Å². The molecule has 0 saturated carbocycles. The molecule has 1 fully saturated rings. The van der Waals surface area contributed by atoms with Gasteiger partial charge in [0.25, 0.3) is 0 Å². The molecule has 0 aliphatic carbocycles. The van der Waals surface area contributed by atoms with E-state index in [2.05, 4.69) is 44.5 Å². The molecule has 1 N–H and O–H groups in total. The van der Waals surface area contributed by atoms with Crippen LogP contribution in [0.1, 0.15) is 18.2 Å². The standard InChI is InChI=1S/C14H23BrN2OS/c1-3-5-17-6-7-18-13(10-17)12(16-2)9-14-11(15)4-8-19-14/h4,8,12-13,16H,3,5-7,9-10H2,1-2H3. The van der Waals surface area contributed by atoms with Crippen molar-refractivity contribution in [3.05, 3.63) is 20.8 Å². The Bertz CT molecular complexity index is 383. The summed E-state index contributed by atoms with van der Waals surface area (Å²) >= 11 is 5.43. The second-order valence-electron chi connectivity index (χ2n) is 5.00. The first-order chi connectivity index (χ1) is 9.24. The van der Waals surface area contributed by atoms with Crippen LogP contribution in [0.3, 0.4) is 0 Å². The molecule has 19 heavy (non-hydrogen) atoms. The molecule has 1 aliphatic rings. The maximum atomic E-state index is 5.98. The van der Waals surface area contributed by atoms with E-state index < -0.39 is 0 Å². The summed E-state index contributed by atoms with van der Waals surface area (Å²) in [6.45, 7) is 6.39. The molecule has 2 atom stereocenters. The van der Waals surface area contributed by atoms with Crippen molar-refractivity contribution in [3.8, 4) is 0 Å². The van der Waals surface area contributed by atoms with Crippen molar-refractivity contribution in [3.63, 3.8) is 0 Å². The highest BCUT2D eigenvalue weighted by Gasteiger charge is 2.27. The van der Waals surface area contributed by atoms with E-state index >= 15 is 0 Å².